The smallest absolute Gasteiger partial charge is 0.0398 e. The van der Waals surface area contributed by atoms with Crippen molar-refractivity contribution < 1.29 is 0 Å². The van der Waals surface area contributed by atoms with Crippen molar-refractivity contribution in [2.45, 2.75) is 165 Å². The predicted octanol–water partition coefficient (Wildman–Crippen LogP) is 21.8. The Hall–Kier alpha value is -4.68. The van der Waals surface area contributed by atoms with E-state index in [2.05, 4.69) is 93.5 Å². The summed E-state index contributed by atoms with van der Waals surface area (Å²) in [6.07, 6.45) is 5.00. The lowest BCUT2D eigenvalue weighted by Gasteiger charge is -1.90. The summed E-state index contributed by atoms with van der Waals surface area (Å²) in [4.78, 5) is 0. The van der Waals surface area contributed by atoms with Gasteiger partial charge in [0.1, 0.15) is 0 Å². The van der Waals surface area contributed by atoms with Gasteiger partial charge in [-0.15, -0.1) is 0 Å². The van der Waals surface area contributed by atoms with Crippen LogP contribution >= 0.6 is 0 Å². The third-order valence-corrected chi connectivity index (χ3v) is 4.55. The molecule has 0 heterocycles. The fourth-order valence-electron chi connectivity index (χ4n) is 2.56. The monoisotopic (exact) mass is 825 g/mol. The molecule has 0 heteroatoms. The highest BCUT2D eigenvalue weighted by Crippen LogP contribution is 1.99. The molecule has 6 aromatic carbocycles. The zero-order chi connectivity index (χ0) is 46.0. The maximum Gasteiger partial charge on any atom is -0.0398 e. The average Bonchev–Trinajstić information content (AvgIpc) is 3.32. The minimum Gasteiger partial charge on any atom is -0.0776 e. The molecule has 0 atom stereocenters. The van der Waals surface area contributed by atoms with Crippen LogP contribution in [-0.2, 0) is 0 Å². The van der Waals surface area contributed by atoms with Gasteiger partial charge in [0, 0.05) is 0 Å². The Balaban J connectivity index is -0.0000000574. The van der Waals surface area contributed by atoms with E-state index >= 15 is 0 Å². The minimum absolute atomic E-state index is 0. The van der Waals surface area contributed by atoms with Crippen LogP contribution in [0, 0.1) is 13.8 Å². The maximum atomic E-state index is 2.12. The lowest BCUT2D eigenvalue weighted by atomic mass is 10.2. The molecular formula is C60H104. The molecule has 60 heavy (non-hydrogen) atoms. The second-order valence-corrected chi connectivity index (χ2v) is 10.8. The molecule has 6 rings (SSSR count). The van der Waals surface area contributed by atoms with Crippen molar-refractivity contribution in [3.8, 4) is 0 Å². The van der Waals surface area contributed by atoms with Gasteiger partial charge >= 0.3 is 0 Å². The maximum absolute atomic E-state index is 2.12. The van der Waals surface area contributed by atoms with Gasteiger partial charge in [-0.05, 0) is 13.8 Å². The quantitative estimate of drug-likeness (QED) is 0.143. The second-order valence-electron chi connectivity index (χ2n) is 10.8. The first-order valence-electron chi connectivity index (χ1n) is 22.5. The summed E-state index contributed by atoms with van der Waals surface area (Å²) in [5.74, 6) is 0. The number of hydrogen-bond donors (Lipinski definition) is 0. The Labute approximate surface area is 381 Å². The number of benzene rings is 6. The third kappa shape index (κ3) is 117. The van der Waals surface area contributed by atoms with Gasteiger partial charge in [-0.3, -0.25) is 0 Å². The second kappa shape index (κ2) is 99.9. The normalized spacial score (nSPS) is 6.83. The topological polar surface area (TPSA) is 0 Å². The van der Waals surface area contributed by atoms with E-state index in [0.29, 0.717) is 0 Å². The number of rotatable bonds is 0. The van der Waals surface area contributed by atoms with Gasteiger partial charge in [0.2, 0.25) is 0 Å². The Kier molecular flexibility index (Phi) is 132. The van der Waals surface area contributed by atoms with Crippen LogP contribution in [-0.4, -0.2) is 0 Å². The van der Waals surface area contributed by atoms with E-state index in [0.717, 1.165) is 0 Å². The van der Waals surface area contributed by atoms with Crippen LogP contribution in [0.2, 0.25) is 0 Å². The van der Waals surface area contributed by atoms with Crippen molar-refractivity contribution in [1.82, 2.24) is 0 Å². The summed E-state index contributed by atoms with van der Waals surface area (Å²) in [5, 5.41) is 0. The molecule has 0 fully saturated rings. The summed E-state index contributed by atoms with van der Waals surface area (Å²) >= 11 is 0. The molecule has 0 bridgehead atoms. The zero-order valence-electron chi connectivity index (χ0n) is 41.5. The van der Waals surface area contributed by atoms with E-state index < -0.39 is 0 Å². The molecule has 0 aliphatic heterocycles. The summed E-state index contributed by atoms with van der Waals surface area (Å²) in [6.45, 7) is 37.2. The fourth-order valence-corrected chi connectivity index (χ4v) is 2.56. The van der Waals surface area contributed by atoms with Gasteiger partial charge in [-0.1, -0.05) is 369 Å². The van der Waals surface area contributed by atoms with Crippen LogP contribution in [0.15, 0.2) is 206 Å². The van der Waals surface area contributed by atoms with E-state index in [1.807, 2.05) is 237 Å². The van der Waals surface area contributed by atoms with Gasteiger partial charge in [0.15, 0.2) is 0 Å². The molecule has 0 saturated carbocycles. The van der Waals surface area contributed by atoms with E-state index in [1.165, 1.54) is 36.8 Å². The first-order valence-corrected chi connectivity index (χ1v) is 22.5. The molecule has 0 unspecified atom stereocenters. The minimum atomic E-state index is 0. The Morgan fingerprint density at radius 2 is 0.250 bits per heavy atom. The summed E-state index contributed by atoms with van der Waals surface area (Å²) in [7, 11) is 0. The average molecular weight is 825 g/mol. The molecule has 0 aromatic heterocycles. The third-order valence-electron chi connectivity index (χ3n) is 4.55. The fraction of sp³-hybridized carbons (Fsp3) is 0.400. The van der Waals surface area contributed by atoms with Crippen LogP contribution in [0.25, 0.3) is 0 Å². The van der Waals surface area contributed by atoms with E-state index in [9.17, 15) is 0 Å². The molecule has 344 valence electrons. The summed E-state index contributed by atoms with van der Waals surface area (Å²) in [5.41, 5.74) is 2.66. The van der Waals surface area contributed by atoms with E-state index in [1.54, 1.807) is 0 Å². The van der Waals surface area contributed by atoms with Crippen LogP contribution in [0.3, 0.4) is 0 Å². The Bertz CT molecular complexity index is 890. The highest BCUT2D eigenvalue weighted by atomic mass is 13.9. The highest BCUT2D eigenvalue weighted by molar-refractivity contribution is 5.19. The van der Waals surface area contributed by atoms with Crippen LogP contribution in [0.1, 0.15) is 162 Å². The molecule has 0 saturated heterocycles. The summed E-state index contributed by atoms with van der Waals surface area (Å²) < 4.78 is 0. The number of aryl methyl sites for hydroxylation is 2. The molecule has 6 aromatic rings. The Morgan fingerprint density at radius 3 is 0.300 bits per heavy atom. The molecular weight excluding hydrogens is 721 g/mol. The van der Waals surface area contributed by atoms with Crippen molar-refractivity contribution in [3.05, 3.63) is 217 Å². The van der Waals surface area contributed by atoms with E-state index in [4.69, 9.17) is 0 Å². The molecule has 0 spiro atoms. The van der Waals surface area contributed by atoms with Crippen molar-refractivity contribution in [2.75, 3.05) is 0 Å². The van der Waals surface area contributed by atoms with Crippen molar-refractivity contribution in [1.29, 1.82) is 0 Å². The first-order chi connectivity index (χ1) is 28.4. The number of hydrogen-bond acceptors (Lipinski definition) is 0. The predicted molar refractivity (Wildman–Crippen MR) is 291 cm³/mol. The largest absolute Gasteiger partial charge is 0.0776 e. The summed E-state index contributed by atoms with van der Waals surface area (Å²) in [6, 6.07) is 68.5. The Morgan fingerprint density at radius 1 is 0.200 bits per heavy atom. The van der Waals surface area contributed by atoms with Gasteiger partial charge in [0.25, 0.3) is 0 Å². The van der Waals surface area contributed by atoms with Crippen LogP contribution < -0.4 is 0 Å². The lowest BCUT2D eigenvalue weighted by Crippen LogP contribution is -1.70. The van der Waals surface area contributed by atoms with Crippen LogP contribution in [0.5, 0.6) is 0 Å². The molecule has 0 N–H and O–H groups in total. The zero-order valence-corrected chi connectivity index (χ0v) is 41.5. The molecule has 0 amide bonds. The SMILES string of the molecule is C.C.CC.CC.CC.CC.CCC.CCC.CCC.CCC.Cc1ccc(C)cc1.c1ccccc1.c1ccccc1.c1ccccc1.c1ccccc1.c1ccccc1. The van der Waals surface area contributed by atoms with Gasteiger partial charge < -0.3 is 0 Å². The molecule has 0 aliphatic carbocycles. The van der Waals surface area contributed by atoms with Crippen LogP contribution in [0.4, 0.5) is 0 Å². The molecule has 0 aliphatic rings. The highest BCUT2D eigenvalue weighted by Gasteiger charge is 1.79. The van der Waals surface area contributed by atoms with Gasteiger partial charge in [0.05, 0.1) is 0 Å². The first kappa shape index (κ1) is 79.5. The molecule has 0 radical (unpaired) electrons. The lowest BCUT2D eigenvalue weighted by molar-refractivity contribution is 1.09. The van der Waals surface area contributed by atoms with Gasteiger partial charge in [-0.25, -0.2) is 0 Å². The molecule has 0 nitrogen and oxygen atoms in total. The van der Waals surface area contributed by atoms with E-state index in [-0.39, 0.29) is 14.9 Å². The van der Waals surface area contributed by atoms with Crippen molar-refractivity contribution >= 4 is 0 Å². The van der Waals surface area contributed by atoms with Crippen molar-refractivity contribution in [2.24, 2.45) is 0 Å². The van der Waals surface area contributed by atoms with Gasteiger partial charge in [-0.2, -0.15) is 0 Å². The standard InChI is InChI=1S/C8H10.5C6H6.4C3H8.4C2H6.2CH4/c1-7-3-5-8(2)6-4-7;5*1-2-4-6-5-3-1;4*1-3-2;4*1-2;;/h3-6H,1-2H3;5*1-6H;4*3H2,1-2H3;4*1-2H3;2*1H4. The van der Waals surface area contributed by atoms with Crippen molar-refractivity contribution in [3.63, 3.8) is 0 Å².